The van der Waals surface area contributed by atoms with Crippen molar-refractivity contribution in [2.24, 2.45) is 0 Å². The molecule has 0 saturated carbocycles. The molecular weight excluding hydrogens is 416 g/mol. The van der Waals surface area contributed by atoms with Gasteiger partial charge in [0.05, 0.1) is 10.2 Å². The van der Waals surface area contributed by atoms with Crippen LogP contribution in [0.15, 0.2) is 54.6 Å². The zero-order valence-electron chi connectivity index (χ0n) is 18.6. The van der Waals surface area contributed by atoms with E-state index in [1.54, 1.807) is 11.3 Å². The standard InChI is InChI=1S/C26H28N4OS/c1-18-7-8-19(2)24-23(18)28-26(32-24)30-15-13-29(14-16-30)12-11-27-25(31)22-10-9-20-5-3-4-6-21(20)17-22/h3-10,17H,11-16H2,1-2H3,(H,27,31). The molecule has 0 aliphatic carbocycles. The number of carbonyl (C=O) groups excluding carboxylic acids is 1. The maximum absolute atomic E-state index is 12.6. The SMILES string of the molecule is Cc1ccc(C)c2sc(N3CCN(CCNC(=O)c4ccc5ccccc5c4)CC3)nc12. The molecule has 1 saturated heterocycles. The number of amides is 1. The number of nitrogens with zero attached hydrogens (tertiary/aromatic N) is 3. The predicted octanol–water partition coefficient (Wildman–Crippen LogP) is 4.62. The highest BCUT2D eigenvalue weighted by molar-refractivity contribution is 7.22. The zero-order chi connectivity index (χ0) is 22.1. The lowest BCUT2D eigenvalue weighted by Gasteiger charge is -2.34. The summed E-state index contributed by atoms with van der Waals surface area (Å²) >= 11 is 1.81. The Hall–Kier alpha value is -2.96. The molecule has 0 atom stereocenters. The summed E-state index contributed by atoms with van der Waals surface area (Å²) in [6, 6.07) is 18.3. The van der Waals surface area contributed by atoms with Gasteiger partial charge in [0.25, 0.3) is 5.91 Å². The average Bonchev–Trinajstić information content (AvgIpc) is 3.28. The quantitative estimate of drug-likeness (QED) is 0.488. The maximum Gasteiger partial charge on any atom is 0.251 e. The van der Waals surface area contributed by atoms with Crippen molar-refractivity contribution in [1.29, 1.82) is 0 Å². The van der Waals surface area contributed by atoms with Crippen LogP contribution >= 0.6 is 11.3 Å². The van der Waals surface area contributed by atoms with Crippen LogP contribution in [0.4, 0.5) is 5.13 Å². The van der Waals surface area contributed by atoms with Crippen LogP contribution < -0.4 is 10.2 Å². The molecule has 5 nitrogen and oxygen atoms in total. The van der Waals surface area contributed by atoms with Gasteiger partial charge in [-0.25, -0.2) is 4.98 Å². The van der Waals surface area contributed by atoms with Crippen LogP contribution in [0.3, 0.4) is 0 Å². The summed E-state index contributed by atoms with van der Waals surface area (Å²) in [6.45, 7) is 9.73. The highest BCUT2D eigenvalue weighted by Gasteiger charge is 2.20. The fourth-order valence-electron chi connectivity index (χ4n) is 4.31. The second-order valence-electron chi connectivity index (χ2n) is 8.52. The lowest BCUT2D eigenvalue weighted by molar-refractivity contribution is 0.0948. The van der Waals surface area contributed by atoms with Crippen molar-refractivity contribution in [3.63, 3.8) is 0 Å². The molecule has 3 aromatic carbocycles. The molecule has 1 amide bonds. The molecule has 1 aliphatic heterocycles. The van der Waals surface area contributed by atoms with E-state index >= 15 is 0 Å². The summed E-state index contributed by atoms with van der Waals surface area (Å²) in [7, 11) is 0. The average molecular weight is 445 g/mol. The minimum Gasteiger partial charge on any atom is -0.351 e. The predicted molar refractivity (Wildman–Crippen MR) is 134 cm³/mol. The van der Waals surface area contributed by atoms with Gasteiger partial charge in [-0.15, -0.1) is 0 Å². The van der Waals surface area contributed by atoms with Crippen molar-refractivity contribution in [2.75, 3.05) is 44.2 Å². The molecule has 1 fully saturated rings. The first-order valence-corrected chi connectivity index (χ1v) is 12.0. The van der Waals surface area contributed by atoms with Gasteiger partial charge in [-0.05, 0) is 47.9 Å². The molecule has 1 N–H and O–H groups in total. The van der Waals surface area contributed by atoms with E-state index in [0.717, 1.165) is 59.7 Å². The normalized spacial score (nSPS) is 14.9. The molecule has 164 valence electrons. The second-order valence-corrected chi connectivity index (χ2v) is 9.50. The number of aromatic nitrogens is 1. The summed E-state index contributed by atoms with van der Waals surface area (Å²) in [5, 5.41) is 6.45. The van der Waals surface area contributed by atoms with Crippen LogP contribution in [-0.2, 0) is 0 Å². The summed E-state index contributed by atoms with van der Waals surface area (Å²) in [5.74, 6) is -0.00500. The van der Waals surface area contributed by atoms with Crippen molar-refractivity contribution in [2.45, 2.75) is 13.8 Å². The fraction of sp³-hybridized carbons (Fsp3) is 0.308. The number of benzene rings is 3. The number of piperazine rings is 1. The monoisotopic (exact) mass is 444 g/mol. The summed E-state index contributed by atoms with van der Waals surface area (Å²) in [5.41, 5.74) is 4.41. The summed E-state index contributed by atoms with van der Waals surface area (Å²) in [4.78, 5) is 22.3. The van der Waals surface area contributed by atoms with Gasteiger partial charge in [-0.1, -0.05) is 53.8 Å². The molecule has 0 radical (unpaired) electrons. The summed E-state index contributed by atoms with van der Waals surface area (Å²) < 4.78 is 1.30. The maximum atomic E-state index is 12.6. The molecule has 6 heteroatoms. The number of nitrogens with one attached hydrogen (secondary N) is 1. The number of carbonyl (C=O) groups is 1. The van der Waals surface area contributed by atoms with Gasteiger partial charge in [-0.2, -0.15) is 0 Å². The fourth-order valence-corrected chi connectivity index (χ4v) is 5.47. The van der Waals surface area contributed by atoms with Crippen LogP contribution in [0.1, 0.15) is 21.5 Å². The molecule has 4 aromatic rings. The number of aryl methyl sites for hydroxylation is 2. The van der Waals surface area contributed by atoms with E-state index in [1.807, 2.05) is 36.4 Å². The van der Waals surface area contributed by atoms with Crippen molar-refractivity contribution in [3.8, 4) is 0 Å². The highest BCUT2D eigenvalue weighted by atomic mass is 32.1. The molecular formula is C26H28N4OS. The Balaban J connectivity index is 1.13. The zero-order valence-corrected chi connectivity index (χ0v) is 19.4. The van der Waals surface area contributed by atoms with Gasteiger partial charge in [0, 0.05) is 44.8 Å². The van der Waals surface area contributed by atoms with Gasteiger partial charge in [0.15, 0.2) is 5.13 Å². The Morgan fingerprint density at radius 1 is 0.969 bits per heavy atom. The molecule has 1 aromatic heterocycles. The van der Waals surface area contributed by atoms with E-state index in [9.17, 15) is 4.79 Å². The number of rotatable bonds is 5. The van der Waals surface area contributed by atoms with Crippen LogP contribution in [0.2, 0.25) is 0 Å². The number of hydrogen-bond acceptors (Lipinski definition) is 5. The Bertz CT molecular complexity index is 1230. The van der Waals surface area contributed by atoms with E-state index < -0.39 is 0 Å². The largest absolute Gasteiger partial charge is 0.351 e. The first-order valence-electron chi connectivity index (χ1n) is 11.2. The minimum atomic E-state index is -0.00500. The van der Waals surface area contributed by atoms with E-state index in [4.69, 9.17) is 4.98 Å². The van der Waals surface area contributed by atoms with Crippen molar-refractivity contribution >= 4 is 43.4 Å². The molecule has 0 spiro atoms. The second kappa shape index (κ2) is 8.88. The van der Waals surface area contributed by atoms with Gasteiger partial charge in [-0.3, -0.25) is 9.69 Å². The van der Waals surface area contributed by atoms with Gasteiger partial charge < -0.3 is 10.2 Å². The molecule has 1 aliphatic rings. The Morgan fingerprint density at radius 2 is 1.72 bits per heavy atom. The lowest BCUT2D eigenvalue weighted by Crippen LogP contribution is -2.48. The number of fused-ring (bicyclic) bond motifs is 2. The molecule has 2 heterocycles. The van der Waals surface area contributed by atoms with Crippen LogP contribution in [-0.4, -0.2) is 55.1 Å². The first-order chi connectivity index (χ1) is 15.6. The Labute approximate surface area is 192 Å². The van der Waals surface area contributed by atoms with Crippen molar-refractivity contribution < 1.29 is 4.79 Å². The van der Waals surface area contributed by atoms with Crippen LogP contribution in [0.5, 0.6) is 0 Å². The summed E-state index contributed by atoms with van der Waals surface area (Å²) in [6.07, 6.45) is 0. The molecule has 0 unspecified atom stereocenters. The van der Waals surface area contributed by atoms with Gasteiger partial charge in [0.1, 0.15) is 0 Å². The van der Waals surface area contributed by atoms with E-state index in [1.165, 1.54) is 15.8 Å². The van der Waals surface area contributed by atoms with E-state index in [0.29, 0.717) is 6.54 Å². The topological polar surface area (TPSA) is 48.5 Å². The van der Waals surface area contributed by atoms with E-state index in [-0.39, 0.29) is 5.91 Å². The molecule has 5 rings (SSSR count). The third kappa shape index (κ3) is 4.20. The number of hydrogen-bond donors (Lipinski definition) is 1. The third-order valence-electron chi connectivity index (χ3n) is 6.30. The van der Waals surface area contributed by atoms with Crippen molar-refractivity contribution in [3.05, 3.63) is 71.3 Å². The minimum absolute atomic E-state index is 0.00500. The Morgan fingerprint density at radius 3 is 2.50 bits per heavy atom. The highest BCUT2D eigenvalue weighted by Crippen LogP contribution is 2.33. The molecule has 32 heavy (non-hydrogen) atoms. The van der Waals surface area contributed by atoms with Crippen LogP contribution in [0, 0.1) is 13.8 Å². The van der Waals surface area contributed by atoms with Crippen LogP contribution in [0.25, 0.3) is 21.0 Å². The van der Waals surface area contributed by atoms with Gasteiger partial charge >= 0.3 is 0 Å². The third-order valence-corrected chi connectivity index (χ3v) is 7.55. The van der Waals surface area contributed by atoms with E-state index in [2.05, 4.69) is 47.2 Å². The van der Waals surface area contributed by atoms with Crippen molar-refractivity contribution in [1.82, 2.24) is 15.2 Å². The smallest absolute Gasteiger partial charge is 0.251 e. The van der Waals surface area contributed by atoms with Gasteiger partial charge in [0.2, 0.25) is 0 Å². The number of thiazole rings is 1. The first kappa shape index (κ1) is 20.9. The Kier molecular flexibility index (Phi) is 5.81. The number of anilines is 1. The molecule has 0 bridgehead atoms. The lowest BCUT2D eigenvalue weighted by atomic mass is 10.1.